The Bertz CT molecular complexity index is 1400. The van der Waals surface area contributed by atoms with Gasteiger partial charge in [-0.15, -0.1) is 0 Å². The molecule has 0 saturated heterocycles. The van der Waals surface area contributed by atoms with Crippen LogP contribution in [0.4, 0.5) is 11.5 Å². The van der Waals surface area contributed by atoms with Crippen molar-refractivity contribution in [2.24, 2.45) is 0 Å². The van der Waals surface area contributed by atoms with Crippen molar-refractivity contribution in [1.29, 1.82) is 0 Å². The van der Waals surface area contributed by atoms with E-state index in [1.165, 1.54) is 10.6 Å². The summed E-state index contributed by atoms with van der Waals surface area (Å²) in [6.45, 7) is 5.53. The molecule has 4 rings (SSSR count). The summed E-state index contributed by atoms with van der Waals surface area (Å²) in [6, 6.07) is 14.0. The highest BCUT2D eigenvalue weighted by Gasteiger charge is 2.22. The second kappa shape index (κ2) is 8.31. The number of phenols is 1. The number of hydrogen-bond acceptors (Lipinski definition) is 7. The van der Waals surface area contributed by atoms with Gasteiger partial charge in [0, 0.05) is 11.0 Å². The van der Waals surface area contributed by atoms with Crippen LogP contribution in [0.5, 0.6) is 5.75 Å². The number of fused-ring (bicyclic) bond motifs is 1. The molecule has 10 heteroatoms. The first kappa shape index (κ1) is 21.3. The van der Waals surface area contributed by atoms with Crippen molar-refractivity contribution in [1.82, 2.24) is 19.7 Å². The molecule has 32 heavy (non-hydrogen) atoms. The van der Waals surface area contributed by atoms with Crippen molar-refractivity contribution in [3.8, 4) is 17.0 Å². The van der Waals surface area contributed by atoms with E-state index in [1.54, 1.807) is 48.0 Å². The van der Waals surface area contributed by atoms with Gasteiger partial charge in [-0.25, -0.2) is 23.1 Å². The topological polar surface area (TPSA) is 127 Å². The molecule has 0 aliphatic rings. The molecule has 0 saturated carbocycles. The number of aromatic nitrogens is 4. The molecule has 0 bridgehead atoms. The monoisotopic (exact) mass is 450 g/mol. The van der Waals surface area contributed by atoms with Crippen molar-refractivity contribution < 1.29 is 13.5 Å². The number of anilines is 2. The second-order valence-corrected chi connectivity index (χ2v) is 8.95. The molecule has 0 fully saturated rings. The Labute approximate surface area is 185 Å². The van der Waals surface area contributed by atoms with E-state index in [9.17, 15) is 13.5 Å². The Morgan fingerprint density at radius 3 is 2.62 bits per heavy atom. The van der Waals surface area contributed by atoms with Crippen LogP contribution in [-0.4, -0.2) is 39.8 Å². The Kier molecular flexibility index (Phi) is 5.54. The van der Waals surface area contributed by atoms with E-state index in [4.69, 9.17) is 5.73 Å². The van der Waals surface area contributed by atoms with Crippen LogP contribution in [0.2, 0.25) is 0 Å². The summed E-state index contributed by atoms with van der Waals surface area (Å²) in [5.41, 5.74) is 9.00. The van der Waals surface area contributed by atoms with Gasteiger partial charge in [-0.05, 0) is 30.7 Å². The van der Waals surface area contributed by atoms with Crippen LogP contribution in [0, 0.1) is 6.92 Å². The van der Waals surface area contributed by atoms with Crippen molar-refractivity contribution in [2.75, 3.05) is 16.6 Å². The van der Waals surface area contributed by atoms with Gasteiger partial charge in [-0.2, -0.15) is 5.10 Å². The van der Waals surface area contributed by atoms with E-state index in [-0.39, 0.29) is 24.7 Å². The highest BCUT2D eigenvalue weighted by Crippen LogP contribution is 2.32. The summed E-state index contributed by atoms with van der Waals surface area (Å²) in [4.78, 5) is 8.39. The number of nitrogens with two attached hydrogens (primary N) is 1. The number of aryl methyl sites for hydroxylation is 1. The summed E-state index contributed by atoms with van der Waals surface area (Å²) < 4.78 is 28.1. The molecule has 4 aromatic rings. The molecule has 0 unspecified atom stereocenters. The zero-order chi connectivity index (χ0) is 22.9. The molecule has 0 spiro atoms. The highest BCUT2D eigenvalue weighted by molar-refractivity contribution is 7.95. The fourth-order valence-corrected chi connectivity index (χ4v) is 4.35. The fraction of sp³-hybridized carbons (Fsp3) is 0.136. The molecule has 9 nitrogen and oxygen atoms in total. The smallest absolute Gasteiger partial charge is 0.256 e. The number of hydrogen-bond donors (Lipinski definition) is 2. The first-order valence-corrected chi connectivity index (χ1v) is 11.3. The lowest BCUT2D eigenvalue weighted by molar-refractivity contribution is 0.471. The third-order valence-electron chi connectivity index (χ3n) is 5.12. The Morgan fingerprint density at radius 1 is 1.19 bits per heavy atom. The van der Waals surface area contributed by atoms with Gasteiger partial charge in [-0.3, -0.25) is 4.31 Å². The van der Waals surface area contributed by atoms with Gasteiger partial charge in [0.15, 0.2) is 5.65 Å². The van der Waals surface area contributed by atoms with Crippen molar-refractivity contribution in [2.45, 2.75) is 13.5 Å². The summed E-state index contributed by atoms with van der Waals surface area (Å²) >= 11 is 0. The highest BCUT2D eigenvalue weighted by atomic mass is 32.2. The third kappa shape index (κ3) is 3.87. The molecule has 2 aromatic carbocycles. The Morgan fingerprint density at radius 2 is 1.94 bits per heavy atom. The SMILES string of the molecule is C=CS(=O)(=O)N(CCn1nc(-c2ccc(C)c(O)c2)c2c(N)ncnc21)c1ccccc1. The number of benzene rings is 2. The van der Waals surface area contributed by atoms with Crippen LogP contribution in [0.15, 0.2) is 66.8 Å². The van der Waals surface area contributed by atoms with Gasteiger partial charge < -0.3 is 10.8 Å². The summed E-state index contributed by atoms with van der Waals surface area (Å²) in [5, 5.41) is 16.2. The zero-order valence-corrected chi connectivity index (χ0v) is 18.2. The molecular weight excluding hydrogens is 428 g/mol. The summed E-state index contributed by atoms with van der Waals surface area (Å²) in [5.74, 6) is 0.378. The molecule has 0 aliphatic carbocycles. The molecule has 2 aromatic heterocycles. The Hall–Kier alpha value is -3.92. The van der Waals surface area contributed by atoms with Gasteiger partial charge in [0.1, 0.15) is 23.6 Å². The van der Waals surface area contributed by atoms with E-state index in [2.05, 4.69) is 21.6 Å². The maximum Gasteiger partial charge on any atom is 0.256 e. The first-order chi connectivity index (χ1) is 15.3. The number of phenolic OH excluding ortho intramolecular Hbond substituents is 1. The average Bonchev–Trinajstić information content (AvgIpc) is 3.16. The Balaban J connectivity index is 1.77. The number of sulfonamides is 1. The van der Waals surface area contributed by atoms with Crippen LogP contribution >= 0.6 is 0 Å². The van der Waals surface area contributed by atoms with E-state index >= 15 is 0 Å². The molecule has 2 heterocycles. The normalized spacial score (nSPS) is 11.5. The van der Waals surface area contributed by atoms with Crippen LogP contribution in [0.25, 0.3) is 22.3 Å². The lowest BCUT2D eigenvalue weighted by atomic mass is 10.1. The summed E-state index contributed by atoms with van der Waals surface area (Å²) in [6.07, 6.45) is 1.34. The minimum atomic E-state index is -3.74. The third-order valence-corrected chi connectivity index (χ3v) is 6.55. The maximum atomic E-state index is 12.6. The second-order valence-electron chi connectivity index (χ2n) is 7.15. The zero-order valence-electron chi connectivity index (χ0n) is 17.4. The number of para-hydroxylation sites is 1. The molecule has 0 atom stereocenters. The predicted octanol–water partition coefficient (Wildman–Crippen LogP) is 3.07. The van der Waals surface area contributed by atoms with Gasteiger partial charge >= 0.3 is 0 Å². The number of nitrogens with zero attached hydrogens (tertiary/aromatic N) is 5. The molecule has 0 radical (unpaired) electrons. The van der Waals surface area contributed by atoms with E-state index in [0.717, 1.165) is 11.0 Å². The van der Waals surface area contributed by atoms with Crippen LogP contribution in [0.3, 0.4) is 0 Å². The van der Waals surface area contributed by atoms with Crippen LogP contribution in [-0.2, 0) is 16.6 Å². The molecule has 3 N–H and O–H groups in total. The minimum absolute atomic E-state index is 0.0949. The van der Waals surface area contributed by atoms with E-state index < -0.39 is 10.0 Å². The van der Waals surface area contributed by atoms with Crippen molar-refractivity contribution >= 4 is 32.6 Å². The van der Waals surface area contributed by atoms with Crippen molar-refractivity contribution in [3.63, 3.8) is 0 Å². The molecule has 164 valence electrons. The lowest BCUT2D eigenvalue weighted by Crippen LogP contribution is -2.32. The van der Waals surface area contributed by atoms with Crippen molar-refractivity contribution in [3.05, 3.63) is 72.4 Å². The fourth-order valence-electron chi connectivity index (χ4n) is 3.42. The number of nitrogen functional groups attached to an aromatic ring is 1. The van der Waals surface area contributed by atoms with Gasteiger partial charge in [-0.1, -0.05) is 36.9 Å². The van der Waals surface area contributed by atoms with E-state index in [0.29, 0.717) is 28.0 Å². The van der Waals surface area contributed by atoms with Gasteiger partial charge in [0.2, 0.25) is 0 Å². The van der Waals surface area contributed by atoms with Gasteiger partial charge in [0.05, 0.1) is 24.2 Å². The molecule has 0 amide bonds. The first-order valence-electron chi connectivity index (χ1n) is 9.79. The quantitative estimate of drug-likeness (QED) is 0.443. The largest absolute Gasteiger partial charge is 0.508 e. The maximum absolute atomic E-state index is 12.6. The van der Waals surface area contributed by atoms with E-state index in [1.807, 2.05) is 12.1 Å². The lowest BCUT2D eigenvalue weighted by Gasteiger charge is -2.22. The number of aromatic hydroxyl groups is 1. The number of rotatable bonds is 7. The standard InChI is InChI=1S/C22H22N6O3S/c1-3-32(30,31)28(17-7-5-4-6-8-17)12-11-27-22-19(21(23)24-14-25-22)20(26-27)16-10-9-15(2)18(29)13-16/h3-10,13-14,29H,1,11-12H2,2H3,(H2,23,24,25). The van der Waals surface area contributed by atoms with Crippen LogP contribution in [0.1, 0.15) is 5.56 Å². The minimum Gasteiger partial charge on any atom is -0.508 e. The van der Waals surface area contributed by atoms with Gasteiger partial charge in [0.25, 0.3) is 10.0 Å². The molecular formula is C22H22N6O3S. The van der Waals surface area contributed by atoms with Crippen LogP contribution < -0.4 is 10.0 Å². The predicted molar refractivity (Wildman–Crippen MR) is 124 cm³/mol. The average molecular weight is 451 g/mol. The summed E-state index contributed by atoms with van der Waals surface area (Å²) in [7, 11) is -3.74. The molecule has 0 aliphatic heterocycles.